The van der Waals surface area contributed by atoms with Crippen molar-refractivity contribution in [2.75, 3.05) is 0 Å². The average molecular weight is 304 g/mol. The zero-order valence-electron chi connectivity index (χ0n) is 10.8. The van der Waals surface area contributed by atoms with Crippen LogP contribution in [0.4, 0.5) is 0 Å². The van der Waals surface area contributed by atoms with E-state index in [0.29, 0.717) is 16.5 Å². The van der Waals surface area contributed by atoms with Crippen molar-refractivity contribution in [1.29, 1.82) is 0 Å². The number of nitrogens with zero attached hydrogens (tertiary/aromatic N) is 1. The molecule has 2 heterocycles. The Morgan fingerprint density at radius 2 is 2.05 bits per heavy atom. The molecule has 0 amide bonds. The van der Waals surface area contributed by atoms with E-state index in [0.717, 1.165) is 5.56 Å². The highest BCUT2D eigenvalue weighted by Crippen LogP contribution is 2.22. The van der Waals surface area contributed by atoms with Crippen molar-refractivity contribution in [2.45, 2.75) is 6.61 Å². The standard InChI is InChI=1S/C15H10ClNO4/c16-11-5-3-10(4-6-11)14-8-12(17-21-14)9-20-15(18)13-2-1-7-19-13/h1-8H,9H2. The van der Waals surface area contributed by atoms with Gasteiger partial charge in [-0.15, -0.1) is 0 Å². The van der Waals surface area contributed by atoms with E-state index in [-0.39, 0.29) is 12.4 Å². The Balaban J connectivity index is 1.65. The maximum absolute atomic E-state index is 11.6. The summed E-state index contributed by atoms with van der Waals surface area (Å²) in [6, 6.07) is 12.0. The molecule has 3 aromatic rings. The second-order valence-corrected chi connectivity index (χ2v) is 4.68. The van der Waals surface area contributed by atoms with Crippen molar-refractivity contribution in [3.8, 4) is 11.3 Å². The van der Waals surface area contributed by atoms with Gasteiger partial charge in [0.15, 0.2) is 5.76 Å². The van der Waals surface area contributed by atoms with Crippen LogP contribution in [0.2, 0.25) is 5.02 Å². The molecule has 2 aromatic heterocycles. The molecule has 0 aliphatic rings. The Bertz CT molecular complexity index is 731. The minimum absolute atomic E-state index is 0.0105. The smallest absolute Gasteiger partial charge is 0.374 e. The lowest BCUT2D eigenvalue weighted by Crippen LogP contribution is -2.03. The van der Waals surface area contributed by atoms with E-state index in [1.54, 1.807) is 24.3 Å². The normalized spacial score (nSPS) is 10.5. The lowest BCUT2D eigenvalue weighted by Gasteiger charge is -1.98. The van der Waals surface area contributed by atoms with Gasteiger partial charge in [-0.1, -0.05) is 16.8 Å². The first-order valence-corrected chi connectivity index (χ1v) is 6.52. The number of carbonyl (C=O) groups excluding carboxylic acids is 1. The number of hydrogen-bond acceptors (Lipinski definition) is 5. The van der Waals surface area contributed by atoms with Gasteiger partial charge in [0.05, 0.1) is 6.26 Å². The fraction of sp³-hybridized carbons (Fsp3) is 0.0667. The van der Waals surface area contributed by atoms with Crippen LogP contribution in [0, 0.1) is 0 Å². The summed E-state index contributed by atoms with van der Waals surface area (Å²) >= 11 is 5.83. The molecular weight excluding hydrogens is 294 g/mol. The van der Waals surface area contributed by atoms with Crippen LogP contribution < -0.4 is 0 Å². The topological polar surface area (TPSA) is 65.5 Å². The van der Waals surface area contributed by atoms with Crippen molar-refractivity contribution < 1.29 is 18.5 Å². The number of ether oxygens (including phenoxy) is 1. The molecule has 0 aliphatic heterocycles. The summed E-state index contributed by atoms with van der Waals surface area (Å²) in [5.41, 5.74) is 1.36. The molecule has 6 heteroatoms. The van der Waals surface area contributed by atoms with Gasteiger partial charge in [0.25, 0.3) is 0 Å². The molecule has 5 nitrogen and oxygen atoms in total. The quantitative estimate of drug-likeness (QED) is 0.683. The fourth-order valence-corrected chi connectivity index (χ4v) is 1.86. The van der Waals surface area contributed by atoms with Crippen molar-refractivity contribution in [1.82, 2.24) is 5.16 Å². The van der Waals surface area contributed by atoms with Crippen LogP contribution in [0.25, 0.3) is 11.3 Å². The zero-order chi connectivity index (χ0) is 14.7. The maximum Gasteiger partial charge on any atom is 0.374 e. The number of furan rings is 1. The highest BCUT2D eigenvalue weighted by Gasteiger charge is 2.12. The number of aromatic nitrogens is 1. The van der Waals surface area contributed by atoms with E-state index >= 15 is 0 Å². The molecular formula is C15H10ClNO4. The Hall–Kier alpha value is -2.53. The Morgan fingerprint density at radius 1 is 1.24 bits per heavy atom. The lowest BCUT2D eigenvalue weighted by molar-refractivity contribution is 0.0428. The van der Waals surface area contributed by atoms with Crippen LogP contribution in [0.15, 0.2) is 57.7 Å². The number of benzene rings is 1. The summed E-state index contributed by atoms with van der Waals surface area (Å²) in [6.45, 7) is 0.0105. The molecule has 0 aliphatic carbocycles. The number of halogens is 1. The first kappa shape index (κ1) is 13.5. The highest BCUT2D eigenvalue weighted by atomic mass is 35.5. The maximum atomic E-state index is 11.6. The van der Waals surface area contributed by atoms with E-state index < -0.39 is 5.97 Å². The number of esters is 1. The third kappa shape index (κ3) is 3.14. The third-order valence-corrected chi connectivity index (χ3v) is 3.01. The van der Waals surface area contributed by atoms with Crippen LogP contribution in [0.1, 0.15) is 16.2 Å². The summed E-state index contributed by atoms with van der Waals surface area (Å²) in [4.78, 5) is 11.6. The van der Waals surface area contributed by atoms with Crippen LogP contribution in [0.3, 0.4) is 0 Å². The minimum atomic E-state index is -0.545. The molecule has 106 valence electrons. The van der Waals surface area contributed by atoms with E-state index in [1.165, 1.54) is 12.3 Å². The van der Waals surface area contributed by atoms with Gasteiger partial charge in [0.1, 0.15) is 12.3 Å². The lowest BCUT2D eigenvalue weighted by atomic mass is 10.2. The molecule has 0 saturated carbocycles. The van der Waals surface area contributed by atoms with E-state index in [9.17, 15) is 4.79 Å². The SMILES string of the molecule is O=C(OCc1cc(-c2ccc(Cl)cc2)on1)c1ccco1. The van der Waals surface area contributed by atoms with Gasteiger partial charge in [-0.05, 0) is 36.4 Å². The fourth-order valence-electron chi connectivity index (χ4n) is 1.74. The number of rotatable bonds is 4. The predicted octanol–water partition coefficient (Wildman–Crippen LogP) is 3.95. The Morgan fingerprint density at radius 3 is 2.76 bits per heavy atom. The monoisotopic (exact) mass is 303 g/mol. The van der Waals surface area contributed by atoms with Crippen molar-refractivity contribution in [3.05, 3.63) is 65.2 Å². The zero-order valence-corrected chi connectivity index (χ0v) is 11.5. The van der Waals surface area contributed by atoms with Crippen molar-refractivity contribution >= 4 is 17.6 Å². The second-order valence-electron chi connectivity index (χ2n) is 4.24. The number of carbonyl (C=O) groups is 1. The van der Waals surface area contributed by atoms with Gasteiger partial charge >= 0.3 is 5.97 Å². The summed E-state index contributed by atoms with van der Waals surface area (Å²) < 4.78 is 15.2. The molecule has 0 unspecified atom stereocenters. The van der Waals surface area contributed by atoms with Gasteiger partial charge in [0, 0.05) is 16.7 Å². The summed E-state index contributed by atoms with van der Waals surface area (Å²) in [7, 11) is 0. The summed E-state index contributed by atoms with van der Waals surface area (Å²) in [5, 5.41) is 4.50. The summed E-state index contributed by atoms with van der Waals surface area (Å²) in [6.07, 6.45) is 1.41. The van der Waals surface area contributed by atoms with Crippen molar-refractivity contribution in [2.24, 2.45) is 0 Å². The first-order valence-electron chi connectivity index (χ1n) is 6.14. The van der Waals surface area contributed by atoms with Gasteiger partial charge in [-0.3, -0.25) is 0 Å². The molecule has 0 spiro atoms. The van der Waals surface area contributed by atoms with Gasteiger partial charge in [0.2, 0.25) is 5.76 Å². The minimum Gasteiger partial charge on any atom is -0.457 e. The molecule has 0 bridgehead atoms. The Kier molecular flexibility index (Phi) is 3.75. The van der Waals surface area contributed by atoms with E-state index in [1.807, 2.05) is 12.1 Å². The second kappa shape index (κ2) is 5.85. The predicted molar refractivity (Wildman–Crippen MR) is 74.8 cm³/mol. The molecule has 0 radical (unpaired) electrons. The molecule has 1 aromatic carbocycles. The average Bonchev–Trinajstić information content (AvgIpc) is 3.17. The molecule has 0 fully saturated rings. The van der Waals surface area contributed by atoms with E-state index in [4.69, 9.17) is 25.3 Å². The molecule has 3 rings (SSSR count). The third-order valence-electron chi connectivity index (χ3n) is 2.76. The molecule has 0 N–H and O–H groups in total. The van der Waals surface area contributed by atoms with Gasteiger partial charge in [-0.25, -0.2) is 4.79 Å². The molecule has 21 heavy (non-hydrogen) atoms. The van der Waals surface area contributed by atoms with E-state index in [2.05, 4.69) is 5.16 Å². The van der Waals surface area contributed by atoms with Crippen LogP contribution in [0.5, 0.6) is 0 Å². The van der Waals surface area contributed by atoms with Crippen molar-refractivity contribution in [3.63, 3.8) is 0 Å². The number of hydrogen-bond donors (Lipinski definition) is 0. The van der Waals surface area contributed by atoms with Crippen LogP contribution in [-0.4, -0.2) is 11.1 Å². The Labute approximate surface area is 125 Å². The summed E-state index contributed by atoms with van der Waals surface area (Å²) in [5.74, 6) is 0.183. The van der Waals surface area contributed by atoms with Crippen LogP contribution >= 0.6 is 11.6 Å². The molecule has 0 atom stereocenters. The van der Waals surface area contributed by atoms with Gasteiger partial charge in [-0.2, -0.15) is 0 Å². The highest BCUT2D eigenvalue weighted by molar-refractivity contribution is 6.30. The molecule has 0 saturated heterocycles. The largest absolute Gasteiger partial charge is 0.457 e. The van der Waals surface area contributed by atoms with Gasteiger partial charge < -0.3 is 13.7 Å². The van der Waals surface area contributed by atoms with Crippen LogP contribution in [-0.2, 0) is 11.3 Å². The first-order chi connectivity index (χ1) is 10.2.